The number of aliphatic carboxylic acids is 1. The van der Waals surface area contributed by atoms with Gasteiger partial charge in [0.2, 0.25) is 5.91 Å². The van der Waals surface area contributed by atoms with E-state index in [4.69, 9.17) is 5.11 Å². The molecule has 0 bridgehead atoms. The van der Waals surface area contributed by atoms with Crippen LogP contribution < -0.4 is 5.32 Å². The smallest absolute Gasteiger partial charge is 0.327 e. The van der Waals surface area contributed by atoms with Crippen molar-refractivity contribution < 1.29 is 14.7 Å². The van der Waals surface area contributed by atoms with Crippen molar-refractivity contribution in [2.75, 3.05) is 11.5 Å². The molecule has 0 radical (unpaired) electrons. The standard InChI is InChI=1S/C10H19NO3S/c1-4-7(2)5-15-6-9(10(13)14)11-8(3)12/h7,9H,4-6H2,1-3H3,(H,11,12)(H,13,14). The molecule has 0 rings (SSSR count). The van der Waals surface area contributed by atoms with E-state index in [0.717, 1.165) is 12.2 Å². The molecule has 2 N–H and O–H groups in total. The van der Waals surface area contributed by atoms with Crippen LogP contribution in [0.5, 0.6) is 0 Å². The highest BCUT2D eigenvalue weighted by molar-refractivity contribution is 7.99. The van der Waals surface area contributed by atoms with Gasteiger partial charge >= 0.3 is 5.97 Å². The first-order chi connectivity index (χ1) is 6.97. The van der Waals surface area contributed by atoms with E-state index in [1.54, 1.807) is 11.8 Å². The normalized spacial score (nSPS) is 14.3. The number of hydrogen-bond donors (Lipinski definition) is 2. The second-order valence-corrected chi connectivity index (χ2v) is 4.72. The third-order valence-electron chi connectivity index (χ3n) is 2.06. The van der Waals surface area contributed by atoms with Crippen molar-refractivity contribution in [1.82, 2.24) is 5.32 Å². The second-order valence-electron chi connectivity index (χ2n) is 3.64. The monoisotopic (exact) mass is 233 g/mol. The maximum atomic E-state index is 10.8. The fourth-order valence-corrected chi connectivity index (χ4v) is 2.16. The minimum atomic E-state index is -0.971. The van der Waals surface area contributed by atoms with E-state index in [9.17, 15) is 9.59 Å². The van der Waals surface area contributed by atoms with E-state index in [-0.39, 0.29) is 5.91 Å². The summed E-state index contributed by atoms with van der Waals surface area (Å²) < 4.78 is 0. The largest absolute Gasteiger partial charge is 0.480 e. The maximum Gasteiger partial charge on any atom is 0.327 e. The molecule has 0 heterocycles. The molecule has 2 atom stereocenters. The van der Waals surface area contributed by atoms with Crippen LogP contribution in [-0.4, -0.2) is 34.5 Å². The first kappa shape index (κ1) is 14.3. The molecule has 0 aliphatic rings. The average molecular weight is 233 g/mol. The molecule has 0 spiro atoms. The Morgan fingerprint density at radius 1 is 1.40 bits per heavy atom. The summed E-state index contributed by atoms with van der Waals surface area (Å²) in [4.78, 5) is 21.5. The minimum Gasteiger partial charge on any atom is -0.480 e. The van der Waals surface area contributed by atoms with Gasteiger partial charge in [-0.1, -0.05) is 20.3 Å². The Hall–Kier alpha value is -0.710. The molecular weight excluding hydrogens is 214 g/mol. The number of carbonyl (C=O) groups is 2. The minimum absolute atomic E-state index is 0.300. The van der Waals surface area contributed by atoms with Gasteiger partial charge in [-0.3, -0.25) is 4.79 Å². The molecule has 0 fully saturated rings. The predicted octanol–water partition coefficient (Wildman–Crippen LogP) is 1.35. The van der Waals surface area contributed by atoms with Crippen LogP contribution in [0.3, 0.4) is 0 Å². The third kappa shape index (κ3) is 7.25. The lowest BCUT2D eigenvalue weighted by Gasteiger charge is -2.14. The number of carbonyl (C=O) groups excluding carboxylic acids is 1. The van der Waals surface area contributed by atoms with Gasteiger partial charge in [0.1, 0.15) is 6.04 Å². The highest BCUT2D eigenvalue weighted by Gasteiger charge is 2.18. The van der Waals surface area contributed by atoms with Gasteiger partial charge in [0.15, 0.2) is 0 Å². The van der Waals surface area contributed by atoms with Crippen LogP contribution in [0.2, 0.25) is 0 Å². The Balaban J connectivity index is 3.86. The van der Waals surface area contributed by atoms with Crippen molar-refractivity contribution >= 4 is 23.6 Å². The van der Waals surface area contributed by atoms with E-state index in [1.165, 1.54) is 6.92 Å². The highest BCUT2D eigenvalue weighted by Crippen LogP contribution is 2.12. The lowest BCUT2D eigenvalue weighted by Crippen LogP contribution is -2.41. The first-order valence-electron chi connectivity index (χ1n) is 5.05. The van der Waals surface area contributed by atoms with E-state index < -0.39 is 12.0 Å². The summed E-state index contributed by atoms with van der Waals surface area (Å²) in [6.45, 7) is 5.56. The Labute approximate surface area is 94.8 Å². The number of carboxylic acids is 1. The van der Waals surface area contributed by atoms with E-state index in [2.05, 4.69) is 19.2 Å². The molecule has 0 aromatic rings. The van der Waals surface area contributed by atoms with Gasteiger partial charge in [-0.25, -0.2) is 4.79 Å². The zero-order valence-corrected chi connectivity index (χ0v) is 10.3. The van der Waals surface area contributed by atoms with Crippen molar-refractivity contribution in [3.63, 3.8) is 0 Å². The summed E-state index contributed by atoms with van der Waals surface area (Å²) in [5.74, 6) is 0.675. The van der Waals surface area contributed by atoms with Gasteiger partial charge in [0.25, 0.3) is 0 Å². The molecule has 2 unspecified atom stereocenters. The zero-order chi connectivity index (χ0) is 11.8. The van der Waals surface area contributed by atoms with Crippen molar-refractivity contribution in [2.24, 2.45) is 5.92 Å². The van der Waals surface area contributed by atoms with E-state index in [0.29, 0.717) is 11.7 Å². The van der Waals surface area contributed by atoms with Crippen LogP contribution in [0.1, 0.15) is 27.2 Å². The van der Waals surface area contributed by atoms with Crippen LogP contribution in [-0.2, 0) is 9.59 Å². The van der Waals surface area contributed by atoms with Crippen molar-refractivity contribution in [3.8, 4) is 0 Å². The molecule has 5 heteroatoms. The van der Waals surface area contributed by atoms with Crippen molar-refractivity contribution in [3.05, 3.63) is 0 Å². The summed E-state index contributed by atoms with van der Waals surface area (Å²) in [5, 5.41) is 11.2. The van der Waals surface area contributed by atoms with Crippen molar-refractivity contribution in [1.29, 1.82) is 0 Å². The number of thioether (sulfide) groups is 1. The molecular formula is C10H19NO3S. The SMILES string of the molecule is CCC(C)CSCC(NC(C)=O)C(=O)O. The van der Waals surface area contributed by atoms with Gasteiger partial charge in [0.05, 0.1) is 0 Å². The zero-order valence-electron chi connectivity index (χ0n) is 9.45. The molecule has 0 aromatic heterocycles. The van der Waals surface area contributed by atoms with Crippen LogP contribution in [0, 0.1) is 5.92 Å². The number of carboxylic acid groups (broad SMARTS) is 1. The number of nitrogens with one attached hydrogen (secondary N) is 1. The summed E-state index contributed by atoms with van der Waals surface area (Å²) in [6, 6.07) is -0.767. The van der Waals surface area contributed by atoms with E-state index >= 15 is 0 Å². The second kappa shape index (κ2) is 7.56. The lowest BCUT2D eigenvalue weighted by molar-refractivity contribution is -0.140. The molecule has 0 aliphatic carbocycles. The molecule has 0 aliphatic heterocycles. The Bertz CT molecular complexity index is 221. The Morgan fingerprint density at radius 3 is 2.40 bits per heavy atom. The Kier molecular flexibility index (Phi) is 7.21. The molecule has 0 aromatic carbocycles. The fourth-order valence-electron chi connectivity index (χ4n) is 0.925. The molecule has 0 saturated carbocycles. The van der Waals surface area contributed by atoms with Gasteiger partial charge < -0.3 is 10.4 Å². The van der Waals surface area contributed by atoms with E-state index in [1.807, 2.05) is 0 Å². The number of rotatable bonds is 7. The molecule has 1 amide bonds. The molecule has 0 saturated heterocycles. The maximum absolute atomic E-state index is 10.8. The average Bonchev–Trinajstić information content (AvgIpc) is 2.15. The summed E-state index contributed by atoms with van der Waals surface area (Å²) in [5.41, 5.74) is 0. The van der Waals surface area contributed by atoms with Gasteiger partial charge in [0, 0.05) is 12.7 Å². The summed E-state index contributed by atoms with van der Waals surface area (Å²) in [6.07, 6.45) is 1.09. The highest BCUT2D eigenvalue weighted by atomic mass is 32.2. The molecule has 4 nitrogen and oxygen atoms in total. The van der Waals surface area contributed by atoms with Crippen molar-refractivity contribution in [2.45, 2.75) is 33.2 Å². The number of amides is 1. The first-order valence-corrected chi connectivity index (χ1v) is 6.20. The number of hydrogen-bond acceptors (Lipinski definition) is 3. The molecule has 88 valence electrons. The topological polar surface area (TPSA) is 66.4 Å². The summed E-state index contributed by atoms with van der Waals surface area (Å²) in [7, 11) is 0. The predicted molar refractivity (Wildman–Crippen MR) is 62.0 cm³/mol. The summed E-state index contributed by atoms with van der Waals surface area (Å²) >= 11 is 1.57. The Morgan fingerprint density at radius 2 is 2.00 bits per heavy atom. The van der Waals surface area contributed by atoms with Crippen LogP contribution >= 0.6 is 11.8 Å². The quantitative estimate of drug-likeness (QED) is 0.696. The third-order valence-corrected chi connectivity index (χ3v) is 3.43. The lowest BCUT2D eigenvalue weighted by atomic mass is 10.2. The van der Waals surface area contributed by atoms with Gasteiger partial charge in [-0.2, -0.15) is 11.8 Å². The van der Waals surface area contributed by atoms with Crippen LogP contribution in [0.25, 0.3) is 0 Å². The van der Waals surface area contributed by atoms with Gasteiger partial charge in [-0.15, -0.1) is 0 Å². The van der Waals surface area contributed by atoms with Crippen LogP contribution in [0.15, 0.2) is 0 Å². The van der Waals surface area contributed by atoms with Crippen LogP contribution in [0.4, 0.5) is 0 Å². The molecule has 15 heavy (non-hydrogen) atoms. The fraction of sp³-hybridized carbons (Fsp3) is 0.800. The van der Waals surface area contributed by atoms with Gasteiger partial charge in [-0.05, 0) is 11.7 Å².